The molecule has 0 saturated heterocycles. The molecule has 1 N–H and O–H groups in total. The Kier molecular flexibility index (Phi) is 6.74. The second-order valence-corrected chi connectivity index (χ2v) is 8.83. The maximum Gasteiger partial charge on any atom is 0.276 e. The first kappa shape index (κ1) is 21.6. The lowest BCUT2D eigenvalue weighted by atomic mass is 10.2. The van der Waals surface area contributed by atoms with Crippen LogP contribution in [0.1, 0.15) is 16.1 Å². The average Bonchev–Trinajstić information content (AvgIpc) is 3.39. The van der Waals surface area contributed by atoms with E-state index >= 15 is 0 Å². The number of anilines is 1. The van der Waals surface area contributed by atoms with Crippen LogP contribution in [-0.4, -0.2) is 25.5 Å². The molecule has 0 radical (unpaired) electrons. The van der Waals surface area contributed by atoms with Crippen LogP contribution in [0.25, 0.3) is 0 Å². The maximum atomic E-state index is 12.5. The number of nitrogens with one attached hydrogen (secondary N) is 1. The number of hydrogen-bond acceptors (Lipinski definition) is 4. The number of benzene rings is 2. The van der Waals surface area contributed by atoms with Gasteiger partial charge in [0.05, 0.1) is 23.5 Å². The number of nitrogens with zero attached hydrogens (tertiary/aromatic N) is 4. The van der Waals surface area contributed by atoms with E-state index in [4.69, 9.17) is 16.3 Å². The molecule has 0 aliphatic carbocycles. The number of carbonyl (C=O) groups excluding carboxylic acids is 1. The van der Waals surface area contributed by atoms with E-state index in [0.29, 0.717) is 23.0 Å². The van der Waals surface area contributed by atoms with Gasteiger partial charge in [-0.1, -0.05) is 55.6 Å². The molecular formula is C21H16Br2ClN5O2. The molecule has 7 nitrogen and oxygen atoms in total. The summed E-state index contributed by atoms with van der Waals surface area (Å²) in [6.07, 6.45) is 5.04. The van der Waals surface area contributed by atoms with Crippen LogP contribution >= 0.6 is 43.5 Å². The lowest BCUT2D eigenvalue weighted by molar-refractivity contribution is 0.102. The maximum absolute atomic E-state index is 12.5. The predicted octanol–water partition coefficient (Wildman–Crippen LogP) is 5.60. The van der Waals surface area contributed by atoms with E-state index in [1.807, 2.05) is 30.3 Å². The van der Waals surface area contributed by atoms with Gasteiger partial charge < -0.3 is 10.1 Å². The van der Waals surface area contributed by atoms with Gasteiger partial charge in [-0.05, 0) is 42.0 Å². The lowest BCUT2D eigenvalue weighted by Crippen LogP contribution is -2.14. The van der Waals surface area contributed by atoms with E-state index in [-0.39, 0.29) is 18.3 Å². The fourth-order valence-corrected chi connectivity index (χ4v) is 3.76. The summed E-state index contributed by atoms with van der Waals surface area (Å²) in [4.78, 5) is 12.5. The minimum atomic E-state index is -0.330. The lowest BCUT2D eigenvalue weighted by Gasteiger charge is -2.08. The van der Waals surface area contributed by atoms with Crippen molar-refractivity contribution >= 4 is 55.1 Å². The Morgan fingerprint density at radius 3 is 2.61 bits per heavy atom. The zero-order chi connectivity index (χ0) is 21.8. The summed E-state index contributed by atoms with van der Waals surface area (Å²) in [6.45, 7) is 0.730. The Bertz CT molecular complexity index is 1210. The molecule has 0 fully saturated rings. The Hall–Kier alpha value is -2.62. The van der Waals surface area contributed by atoms with Gasteiger partial charge in [0.1, 0.15) is 5.75 Å². The summed E-state index contributed by atoms with van der Waals surface area (Å²) in [5.41, 5.74) is 1.97. The number of halogens is 3. The summed E-state index contributed by atoms with van der Waals surface area (Å²) in [5, 5.41) is 11.8. The van der Waals surface area contributed by atoms with Crippen molar-refractivity contribution in [1.82, 2.24) is 19.6 Å². The van der Waals surface area contributed by atoms with Crippen LogP contribution in [0.4, 0.5) is 5.69 Å². The first-order valence-corrected chi connectivity index (χ1v) is 11.1. The molecule has 0 spiro atoms. The third-order valence-electron chi connectivity index (χ3n) is 4.27. The Morgan fingerprint density at radius 2 is 1.84 bits per heavy atom. The van der Waals surface area contributed by atoms with Crippen molar-refractivity contribution in [3.05, 3.63) is 92.3 Å². The van der Waals surface area contributed by atoms with Gasteiger partial charge in [0.15, 0.2) is 12.4 Å². The highest BCUT2D eigenvalue weighted by atomic mass is 79.9. The topological polar surface area (TPSA) is 74.0 Å². The molecular weight excluding hydrogens is 550 g/mol. The highest BCUT2D eigenvalue weighted by Gasteiger charge is 2.12. The van der Waals surface area contributed by atoms with Crippen LogP contribution in [-0.2, 0) is 13.3 Å². The summed E-state index contributed by atoms with van der Waals surface area (Å²) >= 11 is 12.9. The fourth-order valence-electron chi connectivity index (χ4n) is 2.77. The van der Waals surface area contributed by atoms with E-state index in [0.717, 1.165) is 14.5 Å². The minimum Gasteiger partial charge on any atom is -0.470 e. The van der Waals surface area contributed by atoms with E-state index in [1.165, 1.54) is 4.68 Å². The molecule has 0 saturated carbocycles. The first-order chi connectivity index (χ1) is 15.0. The number of hydrogen-bond donors (Lipinski definition) is 1. The molecule has 0 aliphatic heterocycles. The fraction of sp³-hybridized carbons (Fsp3) is 0.0952. The average molecular weight is 566 g/mol. The summed E-state index contributed by atoms with van der Waals surface area (Å²) < 4.78 is 10.8. The van der Waals surface area contributed by atoms with E-state index in [1.54, 1.807) is 41.5 Å². The van der Waals surface area contributed by atoms with Crippen molar-refractivity contribution in [3.63, 3.8) is 0 Å². The van der Waals surface area contributed by atoms with Crippen LogP contribution in [0.5, 0.6) is 5.75 Å². The summed E-state index contributed by atoms with van der Waals surface area (Å²) in [6, 6.07) is 14.9. The molecule has 4 rings (SSSR count). The Morgan fingerprint density at radius 1 is 1.06 bits per heavy atom. The predicted molar refractivity (Wildman–Crippen MR) is 125 cm³/mol. The van der Waals surface area contributed by atoms with Crippen molar-refractivity contribution < 1.29 is 9.53 Å². The molecule has 2 aromatic carbocycles. The van der Waals surface area contributed by atoms with Crippen molar-refractivity contribution in [3.8, 4) is 5.75 Å². The molecule has 2 heterocycles. The molecule has 1 amide bonds. The normalized spacial score (nSPS) is 10.8. The zero-order valence-corrected chi connectivity index (χ0v) is 19.9. The number of carbonyl (C=O) groups is 1. The van der Waals surface area contributed by atoms with Crippen molar-refractivity contribution in [1.29, 1.82) is 0 Å². The van der Waals surface area contributed by atoms with Crippen LogP contribution in [0.2, 0.25) is 5.02 Å². The molecule has 0 bridgehead atoms. The molecule has 2 aromatic heterocycles. The molecule has 31 heavy (non-hydrogen) atoms. The molecule has 10 heteroatoms. The SMILES string of the molecule is O=C(Nc1cnn(Cc2ccc(Br)cc2)c1)c1ccn(COc2ccc(Br)cc2Cl)n1. The summed E-state index contributed by atoms with van der Waals surface area (Å²) in [7, 11) is 0. The summed E-state index contributed by atoms with van der Waals surface area (Å²) in [5.74, 6) is 0.202. The second-order valence-electron chi connectivity index (χ2n) is 6.60. The van der Waals surface area contributed by atoms with E-state index < -0.39 is 0 Å². The van der Waals surface area contributed by atoms with Gasteiger partial charge in [0.2, 0.25) is 0 Å². The van der Waals surface area contributed by atoms with Crippen molar-refractivity contribution in [2.45, 2.75) is 13.3 Å². The number of aromatic nitrogens is 4. The second kappa shape index (κ2) is 9.67. The van der Waals surface area contributed by atoms with Gasteiger partial charge in [-0.2, -0.15) is 10.2 Å². The molecule has 0 aliphatic rings. The van der Waals surface area contributed by atoms with Crippen molar-refractivity contribution in [2.24, 2.45) is 0 Å². The Labute approximate surface area is 200 Å². The molecule has 0 atom stereocenters. The largest absolute Gasteiger partial charge is 0.470 e. The highest BCUT2D eigenvalue weighted by Crippen LogP contribution is 2.27. The van der Waals surface area contributed by atoms with Gasteiger partial charge in [-0.15, -0.1) is 0 Å². The van der Waals surface area contributed by atoms with Crippen LogP contribution in [0.15, 0.2) is 76.1 Å². The third-order valence-corrected chi connectivity index (χ3v) is 5.59. The standard InChI is InChI=1S/C21H16Br2ClN5O2/c22-15-3-1-14(2-4-15)11-29-12-17(10-25-29)26-21(30)19-7-8-28(27-19)13-31-20-6-5-16(23)9-18(20)24/h1-10,12H,11,13H2,(H,26,30). The van der Waals surface area contributed by atoms with Gasteiger partial charge in [0, 0.05) is 21.3 Å². The highest BCUT2D eigenvalue weighted by molar-refractivity contribution is 9.10. The number of ether oxygens (including phenoxy) is 1. The van der Waals surface area contributed by atoms with E-state index in [2.05, 4.69) is 47.4 Å². The van der Waals surface area contributed by atoms with Crippen LogP contribution in [0, 0.1) is 0 Å². The van der Waals surface area contributed by atoms with Gasteiger partial charge in [0.25, 0.3) is 5.91 Å². The van der Waals surface area contributed by atoms with Crippen LogP contribution < -0.4 is 10.1 Å². The first-order valence-electron chi connectivity index (χ1n) is 9.16. The van der Waals surface area contributed by atoms with Gasteiger partial charge in [-0.3, -0.25) is 9.48 Å². The van der Waals surface area contributed by atoms with Crippen molar-refractivity contribution in [2.75, 3.05) is 5.32 Å². The Balaban J connectivity index is 1.33. The number of amides is 1. The number of rotatable bonds is 7. The van der Waals surface area contributed by atoms with Crippen LogP contribution in [0.3, 0.4) is 0 Å². The zero-order valence-electron chi connectivity index (χ0n) is 16.0. The quantitative estimate of drug-likeness (QED) is 0.317. The molecule has 158 valence electrons. The molecule has 0 unspecified atom stereocenters. The minimum absolute atomic E-state index is 0.125. The molecule has 4 aromatic rings. The monoisotopic (exact) mass is 563 g/mol. The van der Waals surface area contributed by atoms with Gasteiger partial charge in [-0.25, -0.2) is 4.68 Å². The van der Waals surface area contributed by atoms with E-state index in [9.17, 15) is 4.79 Å². The van der Waals surface area contributed by atoms with Gasteiger partial charge >= 0.3 is 0 Å². The third kappa shape index (κ3) is 5.75. The smallest absolute Gasteiger partial charge is 0.276 e.